The van der Waals surface area contributed by atoms with Crippen LogP contribution >= 0.6 is 11.3 Å². The highest BCUT2D eigenvalue weighted by Crippen LogP contribution is 2.41. The Balaban J connectivity index is 1.87. The van der Waals surface area contributed by atoms with E-state index in [0.29, 0.717) is 44.7 Å². The maximum Gasteiger partial charge on any atom is 0.312 e. The lowest BCUT2D eigenvalue weighted by Crippen LogP contribution is -2.43. The second-order valence-corrected chi connectivity index (χ2v) is 9.74. The number of aliphatic hydroxyl groups is 1. The van der Waals surface area contributed by atoms with Crippen molar-refractivity contribution in [2.45, 2.75) is 71.3 Å². The zero-order valence-corrected chi connectivity index (χ0v) is 18.9. The number of esters is 1. The van der Waals surface area contributed by atoms with Crippen LogP contribution in [0.15, 0.2) is 34.8 Å². The minimum Gasteiger partial charge on any atom is -0.460 e. The smallest absolute Gasteiger partial charge is 0.312 e. The summed E-state index contributed by atoms with van der Waals surface area (Å²) in [6.07, 6.45) is 4.40. The summed E-state index contributed by atoms with van der Waals surface area (Å²) < 4.78 is 12.9. The highest BCUT2D eigenvalue weighted by atomic mass is 32.1. The highest BCUT2D eigenvalue weighted by Gasteiger charge is 2.44. The van der Waals surface area contributed by atoms with Crippen molar-refractivity contribution in [3.63, 3.8) is 0 Å². The quantitative estimate of drug-likeness (QED) is 0.704. The minimum atomic E-state index is -0.670. The Morgan fingerprint density at radius 1 is 1.37 bits per heavy atom. The van der Waals surface area contributed by atoms with Crippen molar-refractivity contribution in [2.75, 3.05) is 7.11 Å². The lowest BCUT2D eigenvalue weighted by atomic mass is 9.70. The molecule has 0 aromatic carbocycles. The van der Waals surface area contributed by atoms with Crippen molar-refractivity contribution in [3.05, 3.63) is 40.3 Å². The van der Waals surface area contributed by atoms with Crippen LogP contribution in [0.3, 0.4) is 0 Å². The first kappa shape index (κ1) is 22.7. The van der Waals surface area contributed by atoms with Crippen LogP contribution in [0, 0.1) is 5.41 Å². The summed E-state index contributed by atoms with van der Waals surface area (Å²) in [4.78, 5) is 23.3. The highest BCUT2D eigenvalue weighted by molar-refractivity contribution is 7.07. The van der Waals surface area contributed by atoms with Crippen LogP contribution in [0.25, 0.3) is 0 Å². The van der Waals surface area contributed by atoms with Gasteiger partial charge in [-0.2, -0.15) is 0 Å². The van der Waals surface area contributed by atoms with E-state index < -0.39 is 11.0 Å². The average molecular weight is 434 g/mol. The molecule has 1 aliphatic carbocycles. The van der Waals surface area contributed by atoms with Gasteiger partial charge in [0.1, 0.15) is 12.3 Å². The second kappa shape index (κ2) is 9.41. The molecule has 0 saturated heterocycles. The number of nitrogens with zero attached hydrogens (tertiary/aromatic N) is 3. The van der Waals surface area contributed by atoms with Gasteiger partial charge in [0.2, 0.25) is 0 Å². The molecule has 7 nitrogen and oxygen atoms in total. The summed E-state index contributed by atoms with van der Waals surface area (Å²) in [6, 6.07) is 5.69. The maximum absolute atomic E-state index is 13.1. The monoisotopic (exact) mass is 433 g/mol. The first-order valence-corrected chi connectivity index (χ1v) is 11.1. The van der Waals surface area contributed by atoms with E-state index in [1.54, 1.807) is 7.11 Å². The van der Waals surface area contributed by atoms with Gasteiger partial charge in [0.15, 0.2) is 10.6 Å². The molecule has 2 aromatic rings. The van der Waals surface area contributed by atoms with Gasteiger partial charge in [-0.3, -0.25) is 9.36 Å². The number of aliphatic hydroxyl groups excluding tert-OH is 1. The molecule has 0 bridgehead atoms. The molecule has 0 atom stereocenters. The largest absolute Gasteiger partial charge is 0.460 e. The zero-order valence-electron chi connectivity index (χ0n) is 18.1. The van der Waals surface area contributed by atoms with E-state index in [1.165, 1.54) is 11.3 Å². The molecule has 2 aromatic heterocycles. The number of carbonyl (C=O) groups excluding carboxylic acids is 1. The van der Waals surface area contributed by atoms with Gasteiger partial charge in [0, 0.05) is 30.8 Å². The van der Waals surface area contributed by atoms with E-state index in [9.17, 15) is 9.90 Å². The molecule has 1 aliphatic rings. The van der Waals surface area contributed by atoms with Crippen LogP contribution in [0.2, 0.25) is 0 Å². The fourth-order valence-corrected chi connectivity index (χ4v) is 4.42. The first-order chi connectivity index (χ1) is 14.2. The van der Waals surface area contributed by atoms with Crippen LogP contribution in [-0.4, -0.2) is 39.4 Å². The molecule has 1 fully saturated rings. The molecule has 0 aliphatic heterocycles. The standard InChI is InChI=1S/C22H31N3O4S/c1-21(2,3)29-19(27)22(10-8-17(26)9-11-22)14-16-6-5-7-18(23-16)24-20-25(15-28-4)12-13-30-20/h5-7,12-13,17,26H,8-11,14-15H2,1-4H3/b24-20-/t17-,22+. The summed E-state index contributed by atoms with van der Waals surface area (Å²) in [6.45, 7) is 6.06. The predicted octanol–water partition coefficient (Wildman–Crippen LogP) is 3.59. The van der Waals surface area contributed by atoms with Gasteiger partial charge >= 0.3 is 5.97 Å². The number of methoxy groups -OCH3 is 1. The van der Waals surface area contributed by atoms with Crippen molar-refractivity contribution in [2.24, 2.45) is 10.4 Å². The summed E-state index contributed by atoms with van der Waals surface area (Å²) in [7, 11) is 1.64. The van der Waals surface area contributed by atoms with E-state index in [2.05, 4.69) is 4.99 Å². The summed E-state index contributed by atoms with van der Waals surface area (Å²) >= 11 is 1.51. The molecule has 3 rings (SSSR count). The summed E-state index contributed by atoms with van der Waals surface area (Å²) in [5, 5.41) is 11.9. The molecular formula is C22H31N3O4S. The maximum atomic E-state index is 13.1. The van der Waals surface area contributed by atoms with Gasteiger partial charge in [0.25, 0.3) is 0 Å². The SMILES string of the molecule is COCn1ccs/c1=N\c1cccc(C[C@]2(C(=O)OC(C)(C)C)CC[C@@H](O)CC2)n1. The van der Waals surface area contributed by atoms with Gasteiger partial charge in [-0.05, 0) is 58.6 Å². The Kier molecular flexibility index (Phi) is 7.10. The van der Waals surface area contributed by atoms with Crippen molar-refractivity contribution in [1.82, 2.24) is 9.55 Å². The molecule has 0 amide bonds. The van der Waals surface area contributed by atoms with E-state index in [0.717, 1.165) is 10.5 Å². The van der Waals surface area contributed by atoms with Gasteiger partial charge in [0.05, 0.1) is 11.5 Å². The molecule has 30 heavy (non-hydrogen) atoms. The third-order valence-electron chi connectivity index (χ3n) is 5.19. The van der Waals surface area contributed by atoms with Crippen molar-refractivity contribution in [1.29, 1.82) is 0 Å². The zero-order chi connectivity index (χ0) is 21.8. The van der Waals surface area contributed by atoms with Crippen LogP contribution in [-0.2, 0) is 27.4 Å². The molecule has 0 radical (unpaired) electrons. The van der Waals surface area contributed by atoms with Gasteiger partial charge in [-0.25, -0.2) is 9.98 Å². The van der Waals surface area contributed by atoms with Crippen molar-refractivity contribution < 1.29 is 19.4 Å². The number of pyridine rings is 1. The molecule has 0 unspecified atom stereocenters. The first-order valence-electron chi connectivity index (χ1n) is 10.3. The Morgan fingerprint density at radius 2 is 2.10 bits per heavy atom. The van der Waals surface area contributed by atoms with Gasteiger partial charge in [-0.1, -0.05) is 6.07 Å². The van der Waals surface area contributed by atoms with Crippen molar-refractivity contribution in [3.8, 4) is 0 Å². The van der Waals surface area contributed by atoms with Crippen LogP contribution in [0.4, 0.5) is 5.82 Å². The number of thiazole rings is 1. The van der Waals surface area contributed by atoms with Crippen molar-refractivity contribution >= 4 is 23.1 Å². The molecule has 8 heteroatoms. The molecular weight excluding hydrogens is 402 g/mol. The Hall–Kier alpha value is -2.03. The van der Waals surface area contributed by atoms with Crippen LogP contribution in [0.5, 0.6) is 0 Å². The Morgan fingerprint density at radius 3 is 2.77 bits per heavy atom. The fraction of sp³-hybridized carbons (Fsp3) is 0.591. The molecule has 164 valence electrons. The van der Waals surface area contributed by atoms with Crippen LogP contribution in [0.1, 0.15) is 52.1 Å². The van der Waals surface area contributed by atoms with Gasteiger partial charge < -0.3 is 14.6 Å². The lowest BCUT2D eigenvalue weighted by molar-refractivity contribution is -0.171. The molecule has 0 spiro atoms. The molecule has 1 N–H and O–H groups in total. The van der Waals surface area contributed by atoms with E-state index in [4.69, 9.17) is 14.5 Å². The average Bonchev–Trinajstić information content (AvgIpc) is 3.10. The van der Waals surface area contributed by atoms with Crippen LogP contribution < -0.4 is 4.80 Å². The number of aromatic nitrogens is 2. The third-order valence-corrected chi connectivity index (χ3v) is 5.99. The van der Waals surface area contributed by atoms with E-state index in [1.807, 2.05) is 55.1 Å². The minimum absolute atomic E-state index is 0.206. The number of rotatable bonds is 6. The van der Waals surface area contributed by atoms with E-state index >= 15 is 0 Å². The molecule has 2 heterocycles. The Labute approximate surface area is 181 Å². The fourth-order valence-electron chi connectivity index (χ4n) is 3.69. The number of ether oxygens (including phenoxy) is 2. The predicted molar refractivity (Wildman–Crippen MR) is 115 cm³/mol. The Bertz CT molecular complexity index is 921. The number of carbonyl (C=O) groups is 1. The second-order valence-electron chi connectivity index (χ2n) is 8.86. The molecule has 1 saturated carbocycles. The van der Waals surface area contributed by atoms with E-state index in [-0.39, 0.29) is 12.1 Å². The number of hydrogen-bond acceptors (Lipinski definition) is 7. The normalized spacial score (nSPS) is 22.8. The topological polar surface area (TPSA) is 85.9 Å². The van der Waals surface area contributed by atoms with Gasteiger partial charge in [-0.15, -0.1) is 11.3 Å². The summed E-state index contributed by atoms with van der Waals surface area (Å²) in [5.41, 5.74) is -0.427. The lowest BCUT2D eigenvalue weighted by Gasteiger charge is -2.38. The summed E-state index contributed by atoms with van der Waals surface area (Å²) in [5.74, 6) is 0.386. The number of hydrogen-bond donors (Lipinski definition) is 1. The third kappa shape index (κ3) is 5.77.